The van der Waals surface area contributed by atoms with Crippen molar-refractivity contribution >= 4 is 17.1 Å². The van der Waals surface area contributed by atoms with Gasteiger partial charge >= 0.3 is 0 Å². The van der Waals surface area contributed by atoms with Crippen molar-refractivity contribution in [3.63, 3.8) is 0 Å². The van der Waals surface area contributed by atoms with E-state index in [9.17, 15) is 20.2 Å². The quantitative estimate of drug-likeness (QED) is 0.166. The van der Waals surface area contributed by atoms with Crippen LogP contribution >= 0.6 is 0 Å². The van der Waals surface area contributed by atoms with Gasteiger partial charge in [-0.1, -0.05) is 0 Å². The first kappa shape index (κ1) is 26.6. The van der Waals surface area contributed by atoms with Gasteiger partial charge in [0.2, 0.25) is 0 Å². The Morgan fingerprint density at radius 3 is 1.68 bits per heavy atom. The number of hydrogen-bond acceptors (Lipinski definition) is 11. The molecule has 0 bridgehead atoms. The van der Waals surface area contributed by atoms with Crippen molar-refractivity contribution in [3.8, 4) is 0 Å². The van der Waals surface area contributed by atoms with Crippen molar-refractivity contribution in [2.45, 2.75) is 0 Å². The van der Waals surface area contributed by atoms with Gasteiger partial charge in [-0.15, -0.1) is 0 Å². The van der Waals surface area contributed by atoms with Gasteiger partial charge in [0.1, 0.15) is 5.69 Å². The summed E-state index contributed by atoms with van der Waals surface area (Å²) in [4.78, 5) is 20.4. The molecule has 13 heteroatoms. The predicted octanol–water partition coefficient (Wildman–Crippen LogP) is 0.990. The molecule has 0 fully saturated rings. The normalized spacial score (nSPS) is 10.9. The van der Waals surface area contributed by atoms with Gasteiger partial charge in [0.05, 0.1) is 88.6 Å². The first-order chi connectivity index (χ1) is 15.1. The van der Waals surface area contributed by atoms with E-state index in [1.807, 2.05) is 0 Å². The maximum absolute atomic E-state index is 11.0. The molecule has 0 heterocycles. The Bertz CT molecular complexity index is 647. The second kappa shape index (κ2) is 17.3. The Morgan fingerprint density at radius 2 is 1.23 bits per heavy atom. The van der Waals surface area contributed by atoms with E-state index in [2.05, 4.69) is 5.32 Å². The molecule has 1 rings (SSSR count). The molecule has 0 amide bonds. The lowest BCUT2D eigenvalue weighted by Gasteiger charge is -2.09. The summed E-state index contributed by atoms with van der Waals surface area (Å²) < 4.78 is 26.3. The highest BCUT2D eigenvalue weighted by molar-refractivity contribution is 5.65. The summed E-state index contributed by atoms with van der Waals surface area (Å²) in [5, 5.41) is 33.1. The highest BCUT2D eigenvalue weighted by Gasteiger charge is 2.18. The molecule has 0 aromatic heterocycles. The number of nitrogens with one attached hydrogen (secondary N) is 1. The number of nitro benzene ring substituents is 2. The Balaban J connectivity index is 1.97. The number of hydrogen-bond donors (Lipinski definition) is 2. The highest BCUT2D eigenvalue weighted by Crippen LogP contribution is 2.28. The van der Waals surface area contributed by atoms with Gasteiger partial charge in [-0.25, -0.2) is 0 Å². The molecule has 1 aromatic carbocycles. The van der Waals surface area contributed by atoms with Gasteiger partial charge in [0.25, 0.3) is 11.4 Å². The number of anilines is 1. The molecular formula is C18H29N3O10. The summed E-state index contributed by atoms with van der Waals surface area (Å²) in [7, 11) is 0. The SMILES string of the molecule is O=[N+]([O-])c1ccc(NCCOCCOCCOCCOCCOCCO)c([N+](=O)[O-])c1. The topological polar surface area (TPSA) is 165 Å². The molecule has 2 N–H and O–H groups in total. The van der Waals surface area contributed by atoms with Gasteiger partial charge in [-0.2, -0.15) is 0 Å². The second-order valence-corrected chi connectivity index (χ2v) is 5.93. The van der Waals surface area contributed by atoms with Crippen LogP contribution < -0.4 is 5.32 Å². The van der Waals surface area contributed by atoms with Crippen LogP contribution in [0.15, 0.2) is 18.2 Å². The lowest BCUT2D eigenvalue weighted by Crippen LogP contribution is -2.15. The fourth-order valence-electron chi connectivity index (χ4n) is 2.24. The zero-order valence-electron chi connectivity index (χ0n) is 17.2. The van der Waals surface area contributed by atoms with E-state index in [4.69, 9.17) is 28.8 Å². The largest absolute Gasteiger partial charge is 0.394 e. The van der Waals surface area contributed by atoms with Crippen LogP contribution in [-0.2, 0) is 23.7 Å². The zero-order chi connectivity index (χ0) is 22.7. The molecule has 0 aliphatic rings. The smallest absolute Gasteiger partial charge is 0.299 e. The summed E-state index contributed by atoms with van der Waals surface area (Å²) in [5.41, 5.74) is -0.516. The van der Waals surface area contributed by atoms with Gasteiger partial charge in [0, 0.05) is 12.6 Å². The minimum Gasteiger partial charge on any atom is -0.394 e. The number of nitro groups is 2. The van der Waals surface area contributed by atoms with E-state index in [-0.39, 0.29) is 30.3 Å². The third kappa shape index (κ3) is 12.8. The molecule has 0 radical (unpaired) electrons. The summed E-state index contributed by atoms with van der Waals surface area (Å²) in [6, 6.07) is 3.42. The fraction of sp³-hybridized carbons (Fsp3) is 0.667. The maximum Gasteiger partial charge on any atom is 0.299 e. The van der Waals surface area contributed by atoms with Crippen molar-refractivity contribution in [1.29, 1.82) is 0 Å². The lowest BCUT2D eigenvalue weighted by molar-refractivity contribution is -0.393. The van der Waals surface area contributed by atoms with Gasteiger partial charge in [0.15, 0.2) is 0 Å². The molecule has 0 atom stereocenters. The van der Waals surface area contributed by atoms with Gasteiger partial charge < -0.3 is 34.1 Å². The average molecular weight is 447 g/mol. The van der Waals surface area contributed by atoms with Crippen LogP contribution in [0.2, 0.25) is 0 Å². The summed E-state index contributed by atoms with van der Waals surface area (Å²) in [6.07, 6.45) is 0. The lowest BCUT2D eigenvalue weighted by atomic mass is 10.2. The molecule has 0 aliphatic heterocycles. The van der Waals surface area contributed by atoms with Crippen LogP contribution in [0.4, 0.5) is 17.1 Å². The van der Waals surface area contributed by atoms with Crippen LogP contribution in [-0.4, -0.2) is 94.2 Å². The van der Waals surface area contributed by atoms with E-state index in [0.717, 1.165) is 6.07 Å². The highest BCUT2D eigenvalue weighted by atomic mass is 16.6. The van der Waals surface area contributed by atoms with Crippen molar-refractivity contribution in [3.05, 3.63) is 38.4 Å². The van der Waals surface area contributed by atoms with Crippen LogP contribution in [0, 0.1) is 20.2 Å². The molecule has 0 aliphatic carbocycles. The number of aliphatic hydroxyl groups excluding tert-OH is 1. The number of rotatable bonds is 20. The standard InChI is InChI=1S/C18H29N3O10/c22-4-6-28-8-10-30-12-14-31-13-11-29-9-7-27-5-3-19-17-2-1-16(20(23)24)15-18(17)21(25)26/h1-2,15,19,22H,3-14H2. The van der Waals surface area contributed by atoms with Crippen molar-refractivity contribution in [1.82, 2.24) is 0 Å². The van der Waals surface area contributed by atoms with Crippen LogP contribution in [0.25, 0.3) is 0 Å². The molecule has 31 heavy (non-hydrogen) atoms. The van der Waals surface area contributed by atoms with Crippen molar-refractivity contribution < 1.29 is 38.6 Å². The average Bonchev–Trinajstić information content (AvgIpc) is 2.75. The van der Waals surface area contributed by atoms with Gasteiger partial charge in [-0.3, -0.25) is 20.2 Å². The molecule has 1 aromatic rings. The molecule has 0 saturated heterocycles. The number of aliphatic hydroxyl groups is 1. The summed E-state index contributed by atoms with van der Waals surface area (Å²) >= 11 is 0. The Hall–Kier alpha value is -2.42. The Morgan fingerprint density at radius 1 is 0.742 bits per heavy atom. The van der Waals surface area contributed by atoms with E-state index in [1.54, 1.807) is 0 Å². The fourth-order valence-corrected chi connectivity index (χ4v) is 2.24. The van der Waals surface area contributed by atoms with E-state index in [1.165, 1.54) is 12.1 Å². The van der Waals surface area contributed by atoms with E-state index in [0.29, 0.717) is 66.0 Å². The number of benzene rings is 1. The molecule has 0 saturated carbocycles. The first-order valence-electron chi connectivity index (χ1n) is 9.72. The number of non-ortho nitro benzene ring substituents is 1. The second-order valence-electron chi connectivity index (χ2n) is 5.93. The Kier molecular flexibility index (Phi) is 14.8. The number of nitrogens with zero attached hydrogens (tertiary/aromatic N) is 2. The molecule has 176 valence electrons. The number of ether oxygens (including phenoxy) is 5. The molecule has 0 spiro atoms. The summed E-state index contributed by atoms with van der Waals surface area (Å²) in [6.45, 7) is 4.23. The van der Waals surface area contributed by atoms with Gasteiger partial charge in [-0.05, 0) is 6.07 Å². The molecule has 0 unspecified atom stereocenters. The minimum absolute atomic E-state index is 0.00198. The predicted molar refractivity (Wildman–Crippen MR) is 109 cm³/mol. The third-order valence-electron chi connectivity index (χ3n) is 3.67. The van der Waals surface area contributed by atoms with Crippen molar-refractivity contribution in [2.24, 2.45) is 0 Å². The van der Waals surface area contributed by atoms with Crippen molar-refractivity contribution in [2.75, 3.05) is 84.5 Å². The van der Waals surface area contributed by atoms with Crippen LogP contribution in [0.1, 0.15) is 0 Å². The van der Waals surface area contributed by atoms with E-state index < -0.39 is 9.85 Å². The molecular weight excluding hydrogens is 418 g/mol. The minimum atomic E-state index is -0.684. The van der Waals surface area contributed by atoms with Crippen LogP contribution in [0.3, 0.4) is 0 Å². The Labute approximate surface area is 179 Å². The maximum atomic E-state index is 11.0. The first-order valence-corrected chi connectivity index (χ1v) is 9.72. The zero-order valence-corrected chi connectivity index (χ0v) is 17.2. The third-order valence-corrected chi connectivity index (χ3v) is 3.67. The molecule has 13 nitrogen and oxygen atoms in total. The summed E-state index contributed by atoms with van der Waals surface area (Å²) in [5.74, 6) is 0. The van der Waals surface area contributed by atoms with E-state index >= 15 is 0 Å². The van der Waals surface area contributed by atoms with Crippen LogP contribution in [0.5, 0.6) is 0 Å². The monoisotopic (exact) mass is 447 g/mol.